The summed E-state index contributed by atoms with van der Waals surface area (Å²) in [6.45, 7) is 0.392. The van der Waals surface area contributed by atoms with E-state index < -0.39 is 4.92 Å². The van der Waals surface area contributed by atoms with Crippen LogP contribution in [-0.4, -0.2) is 14.9 Å². The highest BCUT2D eigenvalue weighted by Gasteiger charge is 2.08. The van der Waals surface area contributed by atoms with Crippen molar-refractivity contribution in [1.29, 1.82) is 0 Å². The summed E-state index contributed by atoms with van der Waals surface area (Å²) in [6, 6.07) is 17.6. The summed E-state index contributed by atoms with van der Waals surface area (Å²) in [5.41, 5.74) is 1.69. The average molecular weight is 341 g/mol. The summed E-state index contributed by atoms with van der Waals surface area (Å²) in [7, 11) is 0. The monoisotopic (exact) mass is 340 g/mol. The highest BCUT2D eigenvalue weighted by Crippen LogP contribution is 2.21. The summed E-state index contributed by atoms with van der Waals surface area (Å²) in [4.78, 5) is 19.1. The van der Waals surface area contributed by atoms with Crippen molar-refractivity contribution in [2.45, 2.75) is 6.54 Å². The molecule has 1 heterocycles. The molecule has 3 rings (SSSR count). The quantitative estimate of drug-likeness (QED) is 0.425. The van der Waals surface area contributed by atoms with Gasteiger partial charge >= 0.3 is 0 Å². The molecule has 0 saturated heterocycles. The van der Waals surface area contributed by atoms with Crippen LogP contribution in [0.15, 0.2) is 60.7 Å². The van der Waals surface area contributed by atoms with Crippen molar-refractivity contribution in [1.82, 2.24) is 9.97 Å². The molecule has 0 amide bonds. The molecule has 7 heteroatoms. The topological polar surface area (TPSA) is 81.0 Å². The van der Waals surface area contributed by atoms with Crippen LogP contribution in [-0.2, 0) is 6.54 Å². The highest BCUT2D eigenvalue weighted by molar-refractivity contribution is 6.29. The van der Waals surface area contributed by atoms with Gasteiger partial charge in [-0.05, 0) is 5.56 Å². The van der Waals surface area contributed by atoms with Crippen LogP contribution in [0.1, 0.15) is 5.56 Å². The Kier molecular flexibility index (Phi) is 4.67. The normalized spacial score (nSPS) is 10.4. The molecule has 0 bridgehead atoms. The minimum absolute atomic E-state index is 0.0556. The molecule has 0 aliphatic carbocycles. The zero-order valence-electron chi connectivity index (χ0n) is 12.5. The molecule has 0 fully saturated rings. The van der Waals surface area contributed by atoms with Crippen LogP contribution in [0.25, 0.3) is 11.4 Å². The van der Waals surface area contributed by atoms with Crippen molar-refractivity contribution in [3.05, 3.63) is 81.5 Å². The van der Waals surface area contributed by atoms with E-state index in [-0.39, 0.29) is 5.69 Å². The van der Waals surface area contributed by atoms with Crippen LogP contribution in [0, 0.1) is 10.1 Å². The lowest BCUT2D eigenvalue weighted by molar-refractivity contribution is -0.384. The summed E-state index contributed by atoms with van der Waals surface area (Å²) < 4.78 is 0. The van der Waals surface area contributed by atoms with Crippen LogP contribution in [0.5, 0.6) is 0 Å². The minimum Gasteiger partial charge on any atom is -0.366 e. The summed E-state index contributed by atoms with van der Waals surface area (Å²) >= 11 is 6.07. The van der Waals surface area contributed by atoms with Gasteiger partial charge in [-0.1, -0.05) is 54.1 Å². The number of anilines is 1. The Morgan fingerprint density at radius 1 is 1.04 bits per heavy atom. The van der Waals surface area contributed by atoms with Crippen LogP contribution in [0.2, 0.25) is 5.15 Å². The van der Waals surface area contributed by atoms with Crippen LogP contribution in [0.3, 0.4) is 0 Å². The average Bonchev–Trinajstić information content (AvgIpc) is 2.60. The van der Waals surface area contributed by atoms with E-state index in [1.807, 2.05) is 30.3 Å². The largest absolute Gasteiger partial charge is 0.366 e. The molecule has 1 N–H and O–H groups in total. The first-order valence-electron chi connectivity index (χ1n) is 7.19. The number of nitro groups is 1. The third-order valence-electron chi connectivity index (χ3n) is 3.32. The van der Waals surface area contributed by atoms with Gasteiger partial charge in [0.2, 0.25) is 0 Å². The van der Waals surface area contributed by atoms with Gasteiger partial charge < -0.3 is 5.32 Å². The molecular weight excluding hydrogens is 328 g/mol. The van der Waals surface area contributed by atoms with Crippen molar-refractivity contribution >= 4 is 23.1 Å². The maximum atomic E-state index is 10.8. The Morgan fingerprint density at radius 2 is 1.83 bits per heavy atom. The third-order valence-corrected chi connectivity index (χ3v) is 3.52. The number of hydrogen-bond donors (Lipinski definition) is 1. The van der Waals surface area contributed by atoms with Crippen molar-refractivity contribution in [2.24, 2.45) is 0 Å². The second-order valence-corrected chi connectivity index (χ2v) is 5.43. The minimum atomic E-state index is -0.418. The van der Waals surface area contributed by atoms with Crippen LogP contribution in [0.4, 0.5) is 11.5 Å². The molecule has 24 heavy (non-hydrogen) atoms. The van der Waals surface area contributed by atoms with Crippen molar-refractivity contribution in [3.8, 4) is 11.4 Å². The molecular formula is C17H13ClN4O2. The first-order chi connectivity index (χ1) is 11.6. The van der Waals surface area contributed by atoms with Crippen molar-refractivity contribution in [3.63, 3.8) is 0 Å². The summed E-state index contributed by atoms with van der Waals surface area (Å²) in [5, 5.41) is 14.3. The Hall–Kier alpha value is -2.99. The van der Waals surface area contributed by atoms with Gasteiger partial charge in [-0.25, -0.2) is 9.97 Å². The van der Waals surface area contributed by atoms with Gasteiger partial charge in [0.15, 0.2) is 5.82 Å². The van der Waals surface area contributed by atoms with E-state index in [0.29, 0.717) is 23.3 Å². The number of aromatic nitrogens is 2. The van der Waals surface area contributed by atoms with E-state index in [1.165, 1.54) is 12.1 Å². The summed E-state index contributed by atoms with van der Waals surface area (Å²) in [5.74, 6) is 1.07. The predicted octanol–water partition coefficient (Wildman–Crippen LogP) is 4.32. The molecule has 0 saturated carbocycles. The molecule has 3 aromatic rings. The maximum absolute atomic E-state index is 10.8. The van der Waals surface area contributed by atoms with E-state index in [1.54, 1.807) is 18.2 Å². The smallest absolute Gasteiger partial charge is 0.269 e. The van der Waals surface area contributed by atoms with Gasteiger partial charge in [0.05, 0.1) is 4.92 Å². The Bertz CT molecular complexity index is 871. The standard InChI is InChI=1S/C17H13ClN4O2/c18-15-10-16(21-17(20-15)13-6-2-1-3-7-13)19-11-12-5-4-8-14(9-12)22(23)24/h1-10H,11H2,(H,19,20,21). The molecule has 1 aromatic heterocycles. The Morgan fingerprint density at radius 3 is 2.58 bits per heavy atom. The van der Waals surface area contributed by atoms with E-state index >= 15 is 0 Å². The lowest BCUT2D eigenvalue weighted by Crippen LogP contribution is -2.03. The van der Waals surface area contributed by atoms with Crippen LogP contribution >= 0.6 is 11.6 Å². The van der Waals surface area contributed by atoms with Crippen molar-refractivity contribution in [2.75, 3.05) is 5.32 Å². The van der Waals surface area contributed by atoms with Crippen molar-refractivity contribution < 1.29 is 4.92 Å². The number of benzene rings is 2. The number of non-ortho nitro benzene ring substituents is 1. The molecule has 6 nitrogen and oxygen atoms in total. The number of nitrogens with one attached hydrogen (secondary N) is 1. The van der Waals surface area contributed by atoms with E-state index in [4.69, 9.17) is 11.6 Å². The molecule has 0 radical (unpaired) electrons. The lowest BCUT2D eigenvalue weighted by Gasteiger charge is -2.08. The Labute approximate surface area is 143 Å². The predicted molar refractivity (Wildman–Crippen MR) is 92.9 cm³/mol. The second kappa shape index (κ2) is 7.06. The zero-order valence-corrected chi connectivity index (χ0v) is 13.3. The molecule has 0 unspecified atom stereocenters. The SMILES string of the molecule is O=[N+]([O-])c1cccc(CNc2cc(Cl)nc(-c3ccccc3)n2)c1. The summed E-state index contributed by atoms with van der Waals surface area (Å²) in [6.07, 6.45) is 0. The van der Waals surface area contributed by atoms with E-state index in [0.717, 1.165) is 11.1 Å². The Balaban J connectivity index is 1.80. The maximum Gasteiger partial charge on any atom is 0.269 e. The fourth-order valence-corrected chi connectivity index (χ4v) is 2.38. The number of halogens is 1. The fraction of sp³-hybridized carbons (Fsp3) is 0.0588. The third kappa shape index (κ3) is 3.85. The second-order valence-electron chi connectivity index (χ2n) is 5.05. The van der Waals surface area contributed by atoms with Gasteiger partial charge in [-0.2, -0.15) is 0 Å². The molecule has 0 aliphatic rings. The molecule has 2 aromatic carbocycles. The van der Waals surface area contributed by atoms with E-state index in [9.17, 15) is 10.1 Å². The fourth-order valence-electron chi connectivity index (χ4n) is 2.20. The number of nitrogens with zero attached hydrogens (tertiary/aromatic N) is 3. The molecule has 0 atom stereocenters. The number of rotatable bonds is 5. The van der Waals surface area contributed by atoms with Gasteiger partial charge in [0.25, 0.3) is 5.69 Å². The van der Waals surface area contributed by atoms with Gasteiger partial charge in [-0.3, -0.25) is 10.1 Å². The van der Waals surface area contributed by atoms with Gasteiger partial charge in [0, 0.05) is 30.3 Å². The first kappa shape index (κ1) is 15.9. The molecule has 120 valence electrons. The zero-order chi connectivity index (χ0) is 16.9. The van der Waals surface area contributed by atoms with Gasteiger partial charge in [0.1, 0.15) is 11.0 Å². The number of nitro benzene ring substituents is 1. The van der Waals surface area contributed by atoms with E-state index in [2.05, 4.69) is 15.3 Å². The molecule has 0 spiro atoms. The van der Waals surface area contributed by atoms with Gasteiger partial charge in [-0.15, -0.1) is 0 Å². The van der Waals surface area contributed by atoms with Crippen LogP contribution < -0.4 is 5.32 Å². The molecule has 0 aliphatic heterocycles. The highest BCUT2D eigenvalue weighted by atomic mass is 35.5. The first-order valence-corrected chi connectivity index (χ1v) is 7.57. The lowest BCUT2D eigenvalue weighted by atomic mass is 10.2. The number of hydrogen-bond acceptors (Lipinski definition) is 5.